The number of aromatic nitrogens is 1. The molecule has 316 valence electrons. The number of allylic oxidation sites excluding steroid dienone is 1. The highest BCUT2D eigenvalue weighted by Crippen LogP contribution is 2.34. The summed E-state index contributed by atoms with van der Waals surface area (Å²) in [6, 6.07) is -7.47. The van der Waals surface area contributed by atoms with Crippen LogP contribution < -0.4 is 21.7 Å². The Bertz CT molecular complexity index is 1840. The molecular weight excluding hydrogens is 752 g/mol. The van der Waals surface area contributed by atoms with Crippen molar-refractivity contribution >= 4 is 41.2 Å². The number of oxazole rings is 1. The summed E-state index contributed by atoms with van der Waals surface area (Å²) < 4.78 is 5.14. The Morgan fingerprint density at radius 3 is 2.00 bits per heavy atom. The molecule has 6 rings (SSSR count). The van der Waals surface area contributed by atoms with Crippen LogP contribution in [0.3, 0.4) is 0 Å². The summed E-state index contributed by atoms with van der Waals surface area (Å²) in [6.07, 6.45) is 6.32. The Labute approximate surface area is 337 Å². The molecule has 7 N–H and O–H groups in total. The van der Waals surface area contributed by atoms with Crippen LogP contribution in [0.1, 0.15) is 96.2 Å². The number of amides is 6. The highest BCUT2D eigenvalue weighted by Gasteiger charge is 2.47. The summed E-state index contributed by atoms with van der Waals surface area (Å²) >= 11 is 0. The molecule has 58 heavy (non-hydrogen) atoms. The third-order valence-corrected chi connectivity index (χ3v) is 12.4. The number of nitrogens with zero attached hydrogens (tertiary/aromatic N) is 4. The molecule has 6 amide bonds. The molecule has 18 nitrogen and oxygen atoms in total. The minimum Gasteiger partial charge on any atom is -0.442 e. The summed E-state index contributed by atoms with van der Waals surface area (Å²) in [7, 11) is 0. The van der Waals surface area contributed by atoms with Gasteiger partial charge in [0.15, 0.2) is 5.60 Å². The number of hydrogen-bond acceptors (Lipinski definition) is 12. The Kier molecular flexibility index (Phi) is 12.9. The lowest BCUT2D eigenvalue weighted by atomic mass is 9.79. The first-order chi connectivity index (χ1) is 27.6. The molecule has 1 aliphatic carbocycles. The summed E-state index contributed by atoms with van der Waals surface area (Å²) in [5.41, 5.74) is 5.25. The molecule has 4 aliphatic heterocycles. The maximum absolute atomic E-state index is 14.7. The van der Waals surface area contributed by atoms with E-state index in [0.717, 1.165) is 0 Å². The zero-order valence-corrected chi connectivity index (χ0v) is 33.5. The van der Waals surface area contributed by atoms with Crippen molar-refractivity contribution in [2.45, 2.75) is 139 Å². The SMILES string of the molecule is CCC(C)C1NC(=O)C(C(C)O)NC(=O)C2CCCN2C(=O)C(CC2=C(C(C)N)CC(O)(C(=O)c3ncco3)C=C2)NC(=O)C2CCCN2C(=O)C2CCCN2C1=O. The van der Waals surface area contributed by atoms with Crippen LogP contribution in [0, 0.1) is 5.92 Å². The lowest BCUT2D eigenvalue weighted by Crippen LogP contribution is -2.63. The van der Waals surface area contributed by atoms with E-state index in [1.807, 2.05) is 6.92 Å². The van der Waals surface area contributed by atoms with E-state index in [9.17, 15) is 43.8 Å². The number of rotatable bonds is 8. The normalized spacial score (nSPS) is 31.8. The molecule has 4 fully saturated rings. The molecule has 0 radical (unpaired) electrons. The van der Waals surface area contributed by atoms with Gasteiger partial charge >= 0.3 is 0 Å². The van der Waals surface area contributed by atoms with Crippen LogP contribution in [-0.4, -0.2) is 145 Å². The van der Waals surface area contributed by atoms with E-state index in [4.69, 9.17) is 10.2 Å². The van der Waals surface area contributed by atoms with Gasteiger partial charge in [0.25, 0.3) is 11.7 Å². The van der Waals surface area contributed by atoms with Gasteiger partial charge < -0.3 is 51.0 Å². The quantitative estimate of drug-likeness (QED) is 0.181. The van der Waals surface area contributed by atoms with Gasteiger partial charge in [0, 0.05) is 38.5 Å². The van der Waals surface area contributed by atoms with Crippen molar-refractivity contribution in [2.24, 2.45) is 11.7 Å². The molecular formula is C40H56N8O10. The van der Waals surface area contributed by atoms with Gasteiger partial charge in [0.05, 0.1) is 12.3 Å². The molecule has 0 bridgehead atoms. The van der Waals surface area contributed by atoms with E-state index in [0.29, 0.717) is 49.7 Å². The van der Waals surface area contributed by atoms with Gasteiger partial charge in [-0.1, -0.05) is 26.3 Å². The van der Waals surface area contributed by atoms with Crippen molar-refractivity contribution in [3.63, 3.8) is 0 Å². The molecule has 0 saturated carbocycles. The van der Waals surface area contributed by atoms with Gasteiger partial charge in [-0.3, -0.25) is 33.6 Å². The molecule has 10 atom stereocenters. The maximum Gasteiger partial charge on any atom is 0.266 e. The molecule has 18 heteroatoms. The number of aliphatic hydroxyl groups is 2. The average molecular weight is 809 g/mol. The van der Waals surface area contributed by atoms with Gasteiger partial charge in [-0.2, -0.15) is 0 Å². The molecule has 5 heterocycles. The number of nitrogens with one attached hydrogen (secondary N) is 3. The van der Waals surface area contributed by atoms with E-state index in [1.165, 1.54) is 46.2 Å². The highest BCUT2D eigenvalue weighted by molar-refractivity contribution is 6.01. The van der Waals surface area contributed by atoms with Crippen LogP contribution in [0.15, 0.2) is 40.2 Å². The van der Waals surface area contributed by atoms with Crippen molar-refractivity contribution in [3.8, 4) is 0 Å². The molecule has 0 spiro atoms. The second-order valence-corrected chi connectivity index (χ2v) is 16.4. The monoisotopic (exact) mass is 808 g/mol. The number of carbonyl (C=O) groups excluding carboxylic acids is 7. The fraction of sp³-hybridized carbons (Fsp3) is 0.650. The second kappa shape index (κ2) is 17.5. The van der Waals surface area contributed by atoms with Gasteiger partial charge in [-0.05, 0) is 75.5 Å². The average Bonchev–Trinajstić information content (AvgIpc) is 4.04. The molecule has 5 aliphatic rings. The largest absolute Gasteiger partial charge is 0.442 e. The Balaban J connectivity index is 1.37. The van der Waals surface area contributed by atoms with E-state index in [1.54, 1.807) is 13.8 Å². The van der Waals surface area contributed by atoms with E-state index in [2.05, 4.69) is 20.9 Å². The number of ketones is 1. The van der Waals surface area contributed by atoms with Gasteiger partial charge in [-0.25, -0.2) is 4.98 Å². The molecule has 0 aromatic carbocycles. The lowest BCUT2D eigenvalue weighted by Gasteiger charge is -2.36. The van der Waals surface area contributed by atoms with Crippen LogP contribution >= 0.6 is 0 Å². The van der Waals surface area contributed by atoms with Crippen molar-refractivity contribution in [2.75, 3.05) is 19.6 Å². The van der Waals surface area contributed by atoms with Gasteiger partial charge in [0.2, 0.25) is 35.4 Å². The van der Waals surface area contributed by atoms with E-state index >= 15 is 0 Å². The topological polar surface area (TPSA) is 258 Å². The number of nitrogens with two attached hydrogens (primary N) is 1. The van der Waals surface area contributed by atoms with Gasteiger partial charge in [-0.15, -0.1) is 0 Å². The Morgan fingerprint density at radius 2 is 1.43 bits per heavy atom. The number of aliphatic hydroxyl groups excluding tert-OH is 1. The zero-order chi connectivity index (χ0) is 42.1. The minimum absolute atomic E-state index is 0.143. The van der Waals surface area contributed by atoms with Crippen molar-refractivity contribution in [1.82, 2.24) is 35.6 Å². The summed E-state index contributed by atoms with van der Waals surface area (Å²) in [5, 5.41) is 30.5. The first-order valence-electron chi connectivity index (χ1n) is 20.4. The standard InChI is InChI=1S/C40H56N8O10/c1-5-21(2)30-39(56)48-17-8-11-29(48)38(55)47-16-7-9-27(47)33(51)43-26(37(54)46-15-6-10-28(46)34(52)45-31(23(4)49)35(53)44-30)19-24-12-13-40(57,20-25(24)22(3)41)32(50)36-42-14-18-58-36/h12-14,18,21-23,26-31,49,57H,5-11,15-17,19-20,41H2,1-4H3,(H,43,51)(H,44,53)(H,45,52). The summed E-state index contributed by atoms with van der Waals surface area (Å²) in [5.74, 6) is -4.98. The predicted molar refractivity (Wildman–Crippen MR) is 206 cm³/mol. The van der Waals surface area contributed by atoms with Gasteiger partial charge in [0.1, 0.15) is 42.5 Å². The van der Waals surface area contributed by atoms with Crippen LogP contribution in [-0.2, 0) is 28.8 Å². The van der Waals surface area contributed by atoms with Crippen molar-refractivity contribution in [3.05, 3.63) is 41.6 Å². The van der Waals surface area contributed by atoms with Crippen LogP contribution in [0.2, 0.25) is 0 Å². The third kappa shape index (κ3) is 8.45. The van der Waals surface area contributed by atoms with Crippen molar-refractivity contribution < 1.29 is 48.2 Å². The first-order valence-corrected chi connectivity index (χ1v) is 20.4. The number of hydrogen-bond donors (Lipinski definition) is 6. The lowest BCUT2D eigenvalue weighted by molar-refractivity contribution is -0.149. The molecule has 4 saturated heterocycles. The second-order valence-electron chi connectivity index (χ2n) is 16.4. The number of Topliss-reactive ketones (excluding diaryl/α,β-unsaturated/α-hetero) is 1. The van der Waals surface area contributed by atoms with E-state index in [-0.39, 0.29) is 50.7 Å². The molecule has 1 aromatic heterocycles. The fourth-order valence-electron chi connectivity index (χ4n) is 8.87. The number of fused-ring (bicyclic) bond motifs is 3. The van der Waals surface area contributed by atoms with Crippen LogP contribution in [0.4, 0.5) is 0 Å². The van der Waals surface area contributed by atoms with E-state index < -0.39 is 95.2 Å². The predicted octanol–water partition coefficient (Wildman–Crippen LogP) is -0.550. The van der Waals surface area contributed by atoms with Crippen LogP contribution in [0.25, 0.3) is 0 Å². The first kappa shape index (κ1) is 42.7. The Hall–Kier alpha value is -4.94. The summed E-state index contributed by atoms with van der Waals surface area (Å²) in [4.78, 5) is 107. The maximum atomic E-state index is 14.7. The van der Waals surface area contributed by atoms with Crippen LogP contribution in [0.5, 0.6) is 0 Å². The highest BCUT2D eigenvalue weighted by atomic mass is 16.4. The fourth-order valence-corrected chi connectivity index (χ4v) is 8.87. The Morgan fingerprint density at radius 1 is 0.862 bits per heavy atom. The number of carbonyl (C=O) groups is 7. The van der Waals surface area contributed by atoms with Crippen molar-refractivity contribution in [1.29, 1.82) is 0 Å². The molecule has 10 unspecified atom stereocenters. The molecule has 1 aromatic rings. The third-order valence-electron chi connectivity index (χ3n) is 12.4. The zero-order valence-electron chi connectivity index (χ0n) is 33.5. The minimum atomic E-state index is -2.05. The summed E-state index contributed by atoms with van der Waals surface area (Å²) in [6.45, 7) is 7.32. The smallest absolute Gasteiger partial charge is 0.266 e.